The number of primary amides is 1. The van der Waals surface area contributed by atoms with Gasteiger partial charge in [-0.05, 0) is 49.1 Å². The molecule has 2 aromatic rings. The van der Waals surface area contributed by atoms with Crippen molar-refractivity contribution in [3.63, 3.8) is 0 Å². The van der Waals surface area contributed by atoms with E-state index in [1.807, 2.05) is 0 Å². The van der Waals surface area contributed by atoms with E-state index in [2.05, 4.69) is 5.32 Å². The second-order valence-corrected chi connectivity index (χ2v) is 6.64. The highest BCUT2D eigenvalue weighted by molar-refractivity contribution is 6.38. The number of carbonyl (C=O) groups excluding carboxylic acids is 3. The molecule has 1 heterocycles. The maximum Gasteiger partial charge on any atom is 0.287 e. The van der Waals surface area contributed by atoms with Gasteiger partial charge in [0, 0.05) is 11.1 Å². The number of ketones is 1. The highest BCUT2D eigenvalue weighted by Gasteiger charge is 2.26. The zero-order valence-electron chi connectivity index (χ0n) is 15.2. The van der Waals surface area contributed by atoms with Gasteiger partial charge in [-0.15, -0.1) is 0 Å². The fourth-order valence-electron chi connectivity index (χ4n) is 3.21. The molecule has 28 heavy (non-hydrogen) atoms. The van der Waals surface area contributed by atoms with Crippen molar-refractivity contribution >= 4 is 17.6 Å². The van der Waals surface area contributed by atoms with Gasteiger partial charge >= 0.3 is 0 Å². The number of benzene rings is 2. The molecule has 0 aliphatic carbocycles. The summed E-state index contributed by atoms with van der Waals surface area (Å²) in [4.78, 5) is 36.3. The number of ether oxygens (including phenoxy) is 1. The first-order chi connectivity index (χ1) is 13.5. The number of amides is 2. The summed E-state index contributed by atoms with van der Waals surface area (Å²) >= 11 is 0. The van der Waals surface area contributed by atoms with Gasteiger partial charge in [0.1, 0.15) is 11.6 Å². The van der Waals surface area contributed by atoms with Crippen molar-refractivity contribution < 1.29 is 23.5 Å². The Kier molecular flexibility index (Phi) is 6.03. The van der Waals surface area contributed by atoms with Crippen molar-refractivity contribution in [1.82, 2.24) is 5.32 Å². The normalized spacial score (nSPS) is 17.5. The van der Waals surface area contributed by atoms with E-state index in [0.717, 1.165) is 6.42 Å². The Morgan fingerprint density at radius 1 is 1.04 bits per heavy atom. The van der Waals surface area contributed by atoms with E-state index >= 15 is 0 Å². The van der Waals surface area contributed by atoms with Crippen LogP contribution in [0.1, 0.15) is 36.0 Å². The lowest BCUT2D eigenvalue weighted by Crippen LogP contribution is -2.46. The van der Waals surface area contributed by atoms with E-state index in [4.69, 9.17) is 10.5 Å². The smallest absolute Gasteiger partial charge is 0.287 e. The van der Waals surface area contributed by atoms with Crippen LogP contribution in [0.2, 0.25) is 0 Å². The summed E-state index contributed by atoms with van der Waals surface area (Å²) in [6, 6.07) is 9.87. The average Bonchev–Trinajstić information content (AvgIpc) is 2.69. The summed E-state index contributed by atoms with van der Waals surface area (Å²) in [7, 11) is 0. The summed E-state index contributed by atoms with van der Waals surface area (Å²) in [5.41, 5.74) is 5.90. The number of Topliss-reactive ketones (excluding diaryl/α,β-unsaturated/α-hetero) is 1. The first kappa shape index (κ1) is 19.5. The zero-order chi connectivity index (χ0) is 20.1. The molecule has 0 unspecified atom stereocenters. The molecule has 3 rings (SSSR count). The molecule has 146 valence electrons. The topological polar surface area (TPSA) is 98.5 Å². The van der Waals surface area contributed by atoms with Crippen LogP contribution in [0, 0.1) is 5.82 Å². The molecule has 0 aromatic heterocycles. The number of hydrogen-bond acceptors (Lipinski definition) is 4. The van der Waals surface area contributed by atoms with Gasteiger partial charge in [-0.25, -0.2) is 4.39 Å². The molecule has 0 saturated carbocycles. The molecular formula is C21H21FN2O4. The predicted molar refractivity (Wildman–Crippen MR) is 101 cm³/mol. The summed E-state index contributed by atoms with van der Waals surface area (Å²) in [5, 5.41) is 2.59. The first-order valence-electron chi connectivity index (χ1n) is 9.13. The van der Waals surface area contributed by atoms with Crippen LogP contribution in [0.15, 0.2) is 42.5 Å². The molecule has 0 saturated heterocycles. The number of carbonyl (C=O) groups is 3. The maximum absolute atomic E-state index is 14.5. The van der Waals surface area contributed by atoms with Crippen molar-refractivity contribution in [3.8, 4) is 16.9 Å². The third-order valence-electron chi connectivity index (χ3n) is 4.67. The minimum Gasteiger partial charge on any atom is -0.494 e. The Balaban J connectivity index is 2.04. The second kappa shape index (κ2) is 8.65. The summed E-state index contributed by atoms with van der Waals surface area (Å²) in [6.07, 6.45) is 2.36. The van der Waals surface area contributed by atoms with Gasteiger partial charge in [0.05, 0.1) is 12.6 Å². The van der Waals surface area contributed by atoms with E-state index in [0.29, 0.717) is 30.8 Å². The lowest BCUT2D eigenvalue weighted by molar-refractivity contribution is -0.137. The Bertz CT molecular complexity index is 913. The predicted octanol–water partition coefficient (Wildman–Crippen LogP) is 2.60. The lowest BCUT2D eigenvalue weighted by atomic mass is 9.97. The Hall–Kier alpha value is -3.22. The molecule has 6 nitrogen and oxygen atoms in total. The zero-order valence-corrected chi connectivity index (χ0v) is 15.2. The van der Waals surface area contributed by atoms with Crippen LogP contribution in [0.3, 0.4) is 0 Å². The quantitative estimate of drug-likeness (QED) is 0.778. The summed E-state index contributed by atoms with van der Waals surface area (Å²) in [5.74, 6) is -2.49. The summed E-state index contributed by atoms with van der Waals surface area (Å²) in [6.45, 7) is 0.438. The standard InChI is InChI=1S/C21H21FN2O4/c22-17-10-9-13-12-16(17)14-6-3-4-7-15(14)21(27)24-18(19(25)20(23)26)8-2-1-5-11-28-13/h3-4,6-7,9-10,12,18H,1-2,5,8,11H2,(H2,23,26)(H,24,27)/t18-/m0/s1. The lowest BCUT2D eigenvalue weighted by Gasteiger charge is -2.19. The molecule has 1 aliphatic heterocycles. The molecule has 2 amide bonds. The Morgan fingerprint density at radius 2 is 1.79 bits per heavy atom. The number of fused-ring (bicyclic) bond motifs is 4. The molecule has 1 atom stereocenters. The van der Waals surface area contributed by atoms with Crippen LogP contribution in [0.25, 0.3) is 11.1 Å². The Morgan fingerprint density at radius 3 is 2.54 bits per heavy atom. The SMILES string of the molecule is NC(=O)C(=O)[C@@H]1CCCCCOc2ccc(F)c(c2)-c2ccccc2C(=O)N1. The van der Waals surface area contributed by atoms with Gasteiger partial charge < -0.3 is 15.8 Å². The van der Waals surface area contributed by atoms with Gasteiger partial charge in [-0.1, -0.05) is 24.6 Å². The number of halogens is 1. The van der Waals surface area contributed by atoms with Gasteiger partial charge in [0.15, 0.2) is 0 Å². The molecule has 2 bridgehead atoms. The van der Waals surface area contributed by atoms with E-state index in [-0.39, 0.29) is 17.5 Å². The van der Waals surface area contributed by atoms with E-state index in [1.165, 1.54) is 12.1 Å². The van der Waals surface area contributed by atoms with Crippen molar-refractivity contribution in [2.24, 2.45) is 5.73 Å². The van der Waals surface area contributed by atoms with Crippen LogP contribution in [0.5, 0.6) is 5.75 Å². The van der Waals surface area contributed by atoms with Crippen LogP contribution in [-0.4, -0.2) is 30.2 Å². The molecule has 3 N–H and O–H groups in total. The minimum absolute atomic E-state index is 0.192. The van der Waals surface area contributed by atoms with Crippen LogP contribution in [-0.2, 0) is 9.59 Å². The van der Waals surface area contributed by atoms with Crippen molar-refractivity contribution in [2.75, 3.05) is 6.61 Å². The second-order valence-electron chi connectivity index (χ2n) is 6.64. The van der Waals surface area contributed by atoms with Gasteiger partial charge in [-0.2, -0.15) is 0 Å². The third kappa shape index (κ3) is 4.36. The molecule has 0 fully saturated rings. The first-order valence-corrected chi connectivity index (χ1v) is 9.13. The van der Waals surface area contributed by atoms with E-state index in [1.54, 1.807) is 30.3 Å². The van der Waals surface area contributed by atoms with Crippen molar-refractivity contribution in [3.05, 3.63) is 53.8 Å². The van der Waals surface area contributed by atoms with Crippen LogP contribution < -0.4 is 15.8 Å². The maximum atomic E-state index is 14.5. The molecule has 0 spiro atoms. The van der Waals surface area contributed by atoms with Gasteiger partial charge in [0.2, 0.25) is 5.78 Å². The van der Waals surface area contributed by atoms with Crippen LogP contribution in [0.4, 0.5) is 4.39 Å². The third-order valence-corrected chi connectivity index (χ3v) is 4.67. The molecule has 0 radical (unpaired) electrons. The Labute approximate surface area is 161 Å². The fourth-order valence-corrected chi connectivity index (χ4v) is 3.21. The highest BCUT2D eigenvalue weighted by Crippen LogP contribution is 2.30. The number of nitrogens with one attached hydrogen (secondary N) is 1. The largest absolute Gasteiger partial charge is 0.494 e. The molecule has 1 aliphatic rings. The molecular weight excluding hydrogens is 363 g/mol. The number of hydrogen-bond donors (Lipinski definition) is 2. The van der Waals surface area contributed by atoms with Crippen molar-refractivity contribution in [2.45, 2.75) is 31.7 Å². The minimum atomic E-state index is -1.10. The van der Waals surface area contributed by atoms with Crippen LogP contribution >= 0.6 is 0 Å². The monoisotopic (exact) mass is 384 g/mol. The van der Waals surface area contributed by atoms with E-state index in [9.17, 15) is 18.8 Å². The molecule has 2 aromatic carbocycles. The molecule has 7 heteroatoms. The van der Waals surface area contributed by atoms with E-state index < -0.39 is 29.5 Å². The van der Waals surface area contributed by atoms with Gasteiger partial charge in [-0.3, -0.25) is 14.4 Å². The summed E-state index contributed by atoms with van der Waals surface area (Å²) < 4.78 is 20.2. The van der Waals surface area contributed by atoms with Gasteiger partial charge in [0.25, 0.3) is 11.8 Å². The number of rotatable bonds is 2. The number of nitrogens with two attached hydrogens (primary N) is 1. The highest BCUT2D eigenvalue weighted by atomic mass is 19.1. The fraction of sp³-hybridized carbons (Fsp3) is 0.286. The van der Waals surface area contributed by atoms with Crippen molar-refractivity contribution in [1.29, 1.82) is 0 Å². The average molecular weight is 384 g/mol.